The van der Waals surface area contributed by atoms with Crippen LogP contribution in [0.15, 0.2) is 29.6 Å². The van der Waals surface area contributed by atoms with E-state index >= 15 is 0 Å². The highest BCUT2D eigenvalue weighted by molar-refractivity contribution is 7.12. The quantitative estimate of drug-likeness (QED) is 0.833. The van der Waals surface area contributed by atoms with Crippen LogP contribution < -0.4 is 5.32 Å². The summed E-state index contributed by atoms with van der Waals surface area (Å²) in [4.78, 5) is 12.8. The van der Waals surface area contributed by atoms with E-state index in [4.69, 9.17) is 5.11 Å². The maximum atomic E-state index is 12.1. The van der Waals surface area contributed by atoms with Gasteiger partial charge in [0, 0.05) is 11.3 Å². The van der Waals surface area contributed by atoms with Crippen molar-refractivity contribution in [2.24, 2.45) is 0 Å². The number of thiophene rings is 1. The topological polar surface area (TPSA) is 49.3 Å². The highest BCUT2D eigenvalue weighted by Crippen LogP contribution is 2.19. The molecular weight excluding hydrogens is 270 g/mol. The highest BCUT2D eigenvalue weighted by atomic mass is 32.1. The largest absolute Gasteiger partial charge is 0.384 e. The molecule has 1 amide bonds. The number of nitrogens with one attached hydrogen (secondary N) is 1. The van der Waals surface area contributed by atoms with Crippen molar-refractivity contribution >= 4 is 22.9 Å². The lowest BCUT2D eigenvalue weighted by molar-refractivity contribution is 0.103. The number of carbonyl (C=O) groups is 1. The van der Waals surface area contributed by atoms with Crippen LogP contribution in [0.4, 0.5) is 5.69 Å². The second-order valence-corrected chi connectivity index (χ2v) is 5.29. The minimum Gasteiger partial charge on any atom is -0.384 e. The number of aliphatic hydroxyl groups is 1. The van der Waals surface area contributed by atoms with Gasteiger partial charge in [0.05, 0.1) is 4.88 Å². The molecule has 0 saturated heterocycles. The van der Waals surface area contributed by atoms with Gasteiger partial charge in [-0.2, -0.15) is 0 Å². The zero-order valence-corrected chi connectivity index (χ0v) is 12.2. The van der Waals surface area contributed by atoms with Gasteiger partial charge in [0.25, 0.3) is 5.91 Å². The first-order valence-electron chi connectivity index (χ1n) is 6.17. The number of hydrogen-bond donors (Lipinski definition) is 2. The minimum atomic E-state index is -0.176. The number of anilines is 1. The molecule has 1 aromatic carbocycles. The first-order chi connectivity index (χ1) is 9.61. The molecule has 0 saturated carbocycles. The predicted octanol–water partition coefficient (Wildman–Crippen LogP) is 2.96. The summed E-state index contributed by atoms with van der Waals surface area (Å²) in [5.41, 5.74) is 3.49. The fourth-order valence-corrected chi connectivity index (χ4v) is 2.58. The molecule has 1 aromatic heterocycles. The summed E-state index contributed by atoms with van der Waals surface area (Å²) in [5.74, 6) is 5.38. The third kappa shape index (κ3) is 3.27. The maximum Gasteiger partial charge on any atom is 0.265 e. The third-order valence-electron chi connectivity index (χ3n) is 2.87. The van der Waals surface area contributed by atoms with Gasteiger partial charge < -0.3 is 10.4 Å². The van der Waals surface area contributed by atoms with Gasteiger partial charge in [-0.05, 0) is 48.6 Å². The summed E-state index contributed by atoms with van der Waals surface area (Å²) >= 11 is 1.43. The number of aryl methyl sites for hydroxylation is 2. The van der Waals surface area contributed by atoms with Crippen LogP contribution in [0, 0.1) is 25.7 Å². The Morgan fingerprint density at radius 1 is 1.30 bits per heavy atom. The lowest BCUT2D eigenvalue weighted by atomic mass is 10.1. The van der Waals surface area contributed by atoms with Gasteiger partial charge in [0.15, 0.2) is 0 Å². The van der Waals surface area contributed by atoms with Crippen molar-refractivity contribution in [3.63, 3.8) is 0 Å². The zero-order valence-electron chi connectivity index (χ0n) is 11.4. The van der Waals surface area contributed by atoms with E-state index in [1.807, 2.05) is 43.5 Å². The molecule has 0 unspecified atom stereocenters. The molecule has 1 heterocycles. The maximum absolute atomic E-state index is 12.1. The van der Waals surface area contributed by atoms with Gasteiger partial charge in [-0.15, -0.1) is 11.3 Å². The molecule has 0 atom stereocenters. The Morgan fingerprint density at radius 3 is 2.75 bits per heavy atom. The smallest absolute Gasteiger partial charge is 0.265 e. The van der Waals surface area contributed by atoms with Crippen LogP contribution in [0.2, 0.25) is 0 Å². The van der Waals surface area contributed by atoms with E-state index in [-0.39, 0.29) is 12.5 Å². The SMILES string of the molecule is Cc1ccc(NC(=O)c2sccc2C)cc1C#CCO. The number of rotatable bonds is 2. The average Bonchev–Trinajstić information content (AvgIpc) is 2.85. The Morgan fingerprint density at radius 2 is 2.10 bits per heavy atom. The van der Waals surface area contributed by atoms with Crippen molar-refractivity contribution < 1.29 is 9.90 Å². The van der Waals surface area contributed by atoms with Crippen LogP contribution in [0.1, 0.15) is 26.4 Å². The minimum absolute atomic E-state index is 0.109. The van der Waals surface area contributed by atoms with Gasteiger partial charge in [0.2, 0.25) is 0 Å². The molecule has 2 rings (SSSR count). The van der Waals surface area contributed by atoms with E-state index in [2.05, 4.69) is 17.2 Å². The zero-order chi connectivity index (χ0) is 14.5. The van der Waals surface area contributed by atoms with Crippen molar-refractivity contribution in [1.29, 1.82) is 0 Å². The second-order valence-electron chi connectivity index (χ2n) is 4.38. The van der Waals surface area contributed by atoms with Crippen LogP contribution in [0.5, 0.6) is 0 Å². The fourth-order valence-electron chi connectivity index (χ4n) is 1.76. The lowest BCUT2D eigenvalue weighted by Crippen LogP contribution is -2.11. The fraction of sp³-hybridized carbons (Fsp3) is 0.188. The average molecular weight is 285 g/mol. The number of benzene rings is 1. The summed E-state index contributed by atoms with van der Waals surface area (Å²) in [5, 5.41) is 13.5. The molecule has 0 radical (unpaired) electrons. The van der Waals surface area contributed by atoms with E-state index in [9.17, 15) is 4.79 Å². The van der Waals surface area contributed by atoms with Crippen molar-refractivity contribution in [3.05, 3.63) is 51.2 Å². The Bertz CT molecular complexity index is 692. The molecule has 102 valence electrons. The summed E-state index contributed by atoms with van der Waals surface area (Å²) in [6, 6.07) is 7.49. The normalized spacial score (nSPS) is 9.75. The van der Waals surface area contributed by atoms with Crippen molar-refractivity contribution in [2.75, 3.05) is 11.9 Å². The number of carbonyl (C=O) groups excluding carboxylic acids is 1. The summed E-state index contributed by atoms with van der Waals surface area (Å²) < 4.78 is 0. The first-order valence-corrected chi connectivity index (χ1v) is 7.05. The van der Waals surface area contributed by atoms with Crippen molar-refractivity contribution in [3.8, 4) is 11.8 Å². The van der Waals surface area contributed by atoms with Crippen LogP contribution in [0.3, 0.4) is 0 Å². The van der Waals surface area contributed by atoms with Crippen molar-refractivity contribution in [1.82, 2.24) is 0 Å². The Hall–Kier alpha value is -2.09. The van der Waals surface area contributed by atoms with Gasteiger partial charge >= 0.3 is 0 Å². The molecule has 3 nitrogen and oxygen atoms in total. The number of amides is 1. The Labute approximate surface area is 122 Å². The lowest BCUT2D eigenvalue weighted by Gasteiger charge is -2.07. The summed E-state index contributed by atoms with van der Waals surface area (Å²) in [6.07, 6.45) is 0. The predicted molar refractivity (Wildman–Crippen MR) is 82.2 cm³/mol. The molecule has 0 aliphatic carbocycles. The molecule has 0 spiro atoms. The number of hydrogen-bond acceptors (Lipinski definition) is 3. The van der Waals surface area contributed by atoms with Crippen LogP contribution in [-0.2, 0) is 0 Å². The molecule has 0 fully saturated rings. The van der Waals surface area contributed by atoms with Crippen LogP contribution >= 0.6 is 11.3 Å². The molecule has 0 aliphatic heterocycles. The van der Waals surface area contributed by atoms with Crippen LogP contribution in [-0.4, -0.2) is 17.6 Å². The monoisotopic (exact) mass is 285 g/mol. The van der Waals surface area contributed by atoms with E-state index < -0.39 is 0 Å². The number of aliphatic hydroxyl groups excluding tert-OH is 1. The summed E-state index contributed by atoms with van der Waals surface area (Å²) in [7, 11) is 0. The van der Waals surface area contributed by atoms with Crippen molar-refractivity contribution in [2.45, 2.75) is 13.8 Å². The van der Waals surface area contributed by atoms with Gasteiger partial charge in [-0.3, -0.25) is 4.79 Å². The molecule has 0 aliphatic rings. The van der Waals surface area contributed by atoms with E-state index in [0.29, 0.717) is 10.6 Å². The second kappa shape index (κ2) is 6.38. The first kappa shape index (κ1) is 14.3. The molecule has 4 heteroatoms. The van der Waals surface area contributed by atoms with Crippen LogP contribution in [0.25, 0.3) is 0 Å². The molecule has 2 aromatic rings. The highest BCUT2D eigenvalue weighted by Gasteiger charge is 2.10. The Balaban J connectivity index is 2.22. The molecule has 0 bridgehead atoms. The van der Waals surface area contributed by atoms with Gasteiger partial charge in [-0.1, -0.05) is 17.9 Å². The van der Waals surface area contributed by atoms with E-state index in [0.717, 1.165) is 16.7 Å². The molecule has 2 N–H and O–H groups in total. The standard InChI is InChI=1S/C16H15NO2S/c1-11-5-6-14(10-13(11)4-3-8-18)17-16(19)15-12(2)7-9-20-15/h5-7,9-10,18H,8H2,1-2H3,(H,17,19). The van der Waals surface area contributed by atoms with Gasteiger partial charge in [-0.25, -0.2) is 0 Å². The Kier molecular flexibility index (Phi) is 4.57. The molecular formula is C16H15NO2S. The third-order valence-corrected chi connectivity index (χ3v) is 3.88. The molecule has 20 heavy (non-hydrogen) atoms. The van der Waals surface area contributed by atoms with E-state index in [1.165, 1.54) is 11.3 Å². The van der Waals surface area contributed by atoms with Gasteiger partial charge in [0.1, 0.15) is 6.61 Å². The van der Waals surface area contributed by atoms with E-state index in [1.54, 1.807) is 0 Å². The summed E-state index contributed by atoms with van der Waals surface area (Å²) in [6.45, 7) is 3.68.